The van der Waals surface area contributed by atoms with E-state index in [1.54, 1.807) is 5.56 Å². The van der Waals surface area contributed by atoms with E-state index in [4.69, 9.17) is 18.0 Å². The summed E-state index contributed by atoms with van der Waals surface area (Å²) in [4.78, 5) is 3.86. The van der Waals surface area contributed by atoms with Crippen LogP contribution in [0.3, 0.4) is 0 Å². The summed E-state index contributed by atoms with van der Waals surface area (Å²) in [6.45, 7) is 6.70. The van der Waals surface area contributed by atoms with E-state index in [0.29, 0.717) is 5.41 Å². The van der Waals surface area contributed by atoms with Gasteiger partial charge in [0, 0.05) is 35.5 Å². The monoisotopic (exact) mass is 504 g/mol. The highest BCUT2D eigenvalue weighted by Gasteiger charge is 2.63. The molecular weight excluding hydrogens is 464 g/mol. The first-order chi connectivity index (χ1) is 16.8. The normalized spacial score (nSPS) is 37.4. The van der Waals surface area contributed by atoms with Gasteiger partial charge in [-0.1, -0.05) is 86.7 Å². The fraction of sp³-hybridized carbons (Fsp3) is 0.581. The van der Waals surface area contributed by atoms with Gasteiger partial charge in [0.2, 0.25) is 0 Å². The van der Waals surface area contributed by atoms with E-state index < -0.39 is 0 Å². The highest BCUT2D eigenvalue weighted by Crippen LogP contribution is 2.68. The molecule has 4 aliphatic carbocycles. The maximum Gasteiger partial charge on any atom is 0.0842 e. The summed E-state index contributed by atoms with van der Waals surface area (Å²) < 4.78 is 0. The number of piperidine rings is 1. The second kappa shape index (κ2) is 8.89. The summed E-state index contributed by atoms with van der Waals surface area (Å²) in [7, 11) is 0. The van der Waals surface area contributed by atoms with Crippen LogP contribution in [-0.2, 0) is 11.2 Å². The third kappa shape index (κ3) is 4.18. The molecule has 2 N–H and O–H groups in total. The zero-order chi connectivity index (χ0) is 24.3. The molecule has 2 aromatic rings. The van der Waals surface area contributed by atoms with Gasteiger partial charge in [0.15, 0.2) is 0 Å². The maximum atomic E-state index is 6.50. The van der Waals surface area contributed by atoms with Crippen LogP contribution in [0.25, 0.3) is 0 Å². The Hall–Kier alpha value is -1.36. The predicted octanol–water partition coefficient (Wildman–Crippen LogP) is 6.82. The van der Waals surface area contributed by atoms with E-state index in [1.807, 2.05) is 0 Å². The third-order valence-electron chi connectivity index (χ3n) is 9.94. The molecule has 1 aliphatic heterocycles. The van der Waals surface area contributed by atoms with Crippen LogP contribution in [0.1, 0.15) is 63.5 Å². The van der Waals surface area contributed by atoms with Crippen molar-refractivity contribution in [2.75, 3.05) is 13.1 Å². The molecule has 2 aromatic carbocycles. The van der Waals surface area contributed by atoms with E-state index in [0.717, 1.165) is 42.3 Å². The molecule has 2 unspecified atom stereocenters. The van der Waals surface area contributed by atoms with E-state index >= 15 is 0 Å². The highest BCUT2D eigenvalue weighted by molar-refractivity contribution is 7.99. The van der Waals surface area contributed by atoms with Crippen LogP contribution in [0.4, 0.5) is 0 Å². The van der Waals surface area contributed by atoms with Gasteiger partial charge in [0.25, 0.3) is 0 Å². The molecule has 4 saturated carbocycles. The van der Waals surface area contributed by atoms with Crippen LogP contribution in [0.5, 0.6) is 0 Å². The molecule has 5 aliphatic rings. The summed E-state index contributed by atoms with van der Waals surface area (Å²) in [5.74, 6) is 2.64. The van der Waals surface area contributed by atoms with Crippen molar-refractivity contribution in [2.24, 2.45) is 28.4 Å². The lowest BCUT2D eigenvalue weighted by atomic mass is 9.42. The standard InChI is InChI=1S/C31H40N2S2/c1-29(2)21-33(14-13-26(29)32)28(34)31-17-23-15-30(20-31,25-11-7-4-8-12-25)16-24(18-31)27(23)35-19-22-9-5-3-6-10-22/h3-12,23-24,26-27H,13-21,32H2,1-2H3/t23?,24?,26-,27?,30?,31?/m0/s1. The zero-order valence-corrected chi connectivity index (χ0v) is 22.9. The lowest BCUT2D eigenvalue weighted by molar-refractivity contribution is -0.0352. The van der Waals surface area contributed by atoms with Crippen molar-refractivity contribution in [1.29, 1.82) is 0 Å². The van der Waals surface area contributed by atoms with Crippen molar-refractivity contribution in [3.05, 3.63) is 71.8 Å². The Morgan fingerprint density at radius 1 is 0.971 bits per heavy atom. The molecule has 4 heteroatoms. The Bertz CT molecular complexity index is 1050. The zero-order valence-electron chi connectivity index (χ0n) is 21.3. The fourth-order valence-electron chi connectivity index (χ4n) is 8.41. The molecule has 5 fully saturated rings. The van der Waals surface area contributed by atoms with Crippen LogP contribution in [0, 0.1) is 22.7 Å². The van der Waals surface area contributed by atoms with Crippen LogP contribution in [-0.4, -0.2) is 34.3 Å². The van der Waals surface area contributed by atoms with Gasteiger partial charge < -0.3 is 10.6 Å². The minimum atomic E-state index is 0.121. The molecule has 2 nitrogen and oxygen atoms in total. The van der Waals surface area contributed by atoms with Gasteiger partial charge in [-0.25, -0.2) is 0 Å². The quantitative estimate of drug-likeness (QED) is 0.452. The predicted molar refractivity (Wildman–Crippen MR) is 153 cm³/mol. The topological polar surface area (TPSA) is 29.3 Å². The summed E-state index contributed by atoms with van der Waals surface area (Å²) in [5.41, 5.74) is 10.1. The van der Waals surface area contributed by atoms with Gasteiger partial charge in [-0.3, -0.25) is 0 Å². The molecule has 35 heavy (non-hydrogen) atoms. The lowest BCUT2D eigenvalue weighted by Gasteiger charge is -2.66. The molecule has 186 valence electrons. The number of hydrogen-bond donors (Lipinski definition) is 1. The maximum absolute atomic E-state index is 6.50. The van der Waals surface area contributed by atoms with Crippen LogP contribution in [0.15, 0.2) is 60.7 Å². The van der Waals surface area contributed by atoms with Crippen LogP contribution < -0.4 is 5.73 Å². The molecule has 0 radical (unpaired) electrons. The number of benzene rings is 2. The van der Waals surface area contributed by atoms with Crippen molar-refractivity contribution in [3.8, 4) is 0 Å². The van der Waals surface area contributed by atoms with Gasteiger partial charge >= 0.3 is 0 Å². The lowest BCUT2D eigenvalue weighted by Crippen LogP contribution is -2.64. The van der Waals surface area contributed by atoms with E-state index in [2.05, 4.69) is 91.2 Å². The Kier molecular flexibility index (Phi) is 6.09. The SMILES string of the molecule is CC1(C)CN(C(=S)C23CC4CC(c5ccccc5)(CC(C2)C4SCc2ccccc2)C3)CC[C@@H]1N. The number of rotatable bonds is 5. The third-order valence-corrected chi connectivity index (χ3v) is 12.3. The van der Waals surface area contributed by atoms with Crippen molar-refractivity contribution in [3.63, 3.8) is 0 Å². The molecule has 0 amide bonds. The van der Waals surface area contributed by atoms with E-state index in [-0.39, 0.29) is 16.9 Å². The summed E-state index contributed by atoms with van der Waals surface area (Å²) in [6.07, 6.45) is 7.53. The minimum Gasteiger partial charge on any atom is -0.365 e. The first kappa shape index (κ1) is 24.0. The molecule has 1 saturated heterocycles. The Balaban J connectivity index is 1.30. The summed E-state index contributed by atoms with van der Waals surface area (Å²) in [6, 6.07) is 22.8. The average molecular weight is 505 g/mol. The smallest absolute Gasteiger partial charge is 0.0842 e. The van der Waals surface area contributed by atoms with E-state index in [1.165, 1.54) is 42.7 Å². The number of nitrogens with zero attached hydrogens (tertiary/aromatic N) is 1. The second-order valence-electron chi connectivity index (χ2n) is 12.8. The molecule has 7 rings (SSSR count). The van der Waals surface area contributed by atoms with Crippen LogP contribution >= 0.6 is 24.0 Å². The first-order valence-corrected chi connectivity index (χ1v) is 15.0. The first-order valence-electron chi connectivity index (χ1n) is 13.6. The molecule has 0 spiro atoms. The van der Waals surface area contributed by atoms with Crippen molar-refractivity contribution in [2.45, 2.75) is 74.8 Å². The van der Waals surface area contributed by atoms with Gasteiger partial charge in [-0.05, 0) is 72.3 Å². The number of thioether (sulfide) groups is 1. The average Bonchev–Trinajstić information content (AvgIpc) is 2.85. The van der Waals surface area contributed by atoms with Crippen LogP contribution in [0.2, 0.25) is 0 Å². The number of thiocarbonyl (C=S) groups is 1. The van der Waals surface area contributed by atoms with Gasteiger partial charge in [0.05, 0.1) is 4.99 Å². The number of likely N-dealkylation sites (tertiary alicyclic amines) is 1. The van der Waals surface area contributed by atoms with Gasteiger partial charge in [0.1, 0.15) is 0 Å². The van der Waals surface area contributed by atoms with Gasteiger partial charge in [-0.15, -0.1) is 0 Å². The number of hydrogen-bond acceptors (Lipinski definition) is 3. The van der Waals surface area contributed by atoms with Crippen molar-refractivity contribution in [1.82, 2.24) is 4.90 Å². The minimum absolute atomic E-state index is 0.121. The van der Waals surface area contributed by atoms with E-state index in [9.17, 15) is 0 Å². The Morgan fingerprint density at radius 3 is 2.23 bits per heavy atom. The molecular formula is C31H40N2S2. The fourth-order valence-corrected chi connectivity index (χ4v) is 10.3. The van der Waals surface area contributed by atoms with Crippen molar-refractivity contribution < 1.29 is 0 Å². The second-order valence-corrected chi connectivity index (χ2v) is 14.4. The molecule has 0 aromatic heterocycles. The van der Waals surface area contributed by atoms with Gasteiger partial charge in [-0.2, -0.15) is 11.8 Å². The largest absolute Gasteiger partial charge is 0.365 e. The molecule has 3 atom stereocenters. The Labute approximate surface area is 221 Å². The van der Waals surface area contributed by atoms with Crippen molar-refractivity contribution >= 4 is 29.0 Å². The summed E-state index contributed by atoms with van der Waals surface area (Å²) >= 11 is 8.70. The molecule has 1 heterocycles. The highest BCUT2D eigenvalue weighted by atomic mass is 32.2. The summed E-state index contributed by atoms with van der Waals surface area (Å²) in [5, 5.41) is 0.759. The number of nitrogens with two attached hydrogens (primary N) is 1. The Morgan fingerprint density at radius 2 is 1.60 bits per heavy atom. The molecule has 4 bridgehead atoms.